The highest BCUT2D eigenvalue weighted by atomic mass is 32.1. The normalized spacial score (nSPS) is 17.1. The van der Waals surface area contributed by atoms with Gasteiger partial charge >= 0.3 is 0 Å². The van der Waals surface area contributed by atoms with E-state index in [1.165, 1.54) is 4.88 Å². The number of carbonyl (C=O) groups is 1. The molecule has 0 aliphatic carbocycles. The zero-order valence-electron chi connectivity index (χ0n) is 14.1. The molecule has 7 heteroatoms. The molecule has 1 saturated heterocycles. The Bertz CT molecular complexity index is 605. The molecule has 0 radical (unpaired) electrons. The predicted octanol–water partition coefficient (Wildman–Crippen LogP) is 1.27. The minimum Gasteiger partial charge on any atom is -0.339 e. The maximum absolute atomic E-state index is 12.4. The molecule has 6 nitrogen and oxygen atoms in total. The molecule has 1 aliphatic heterocycles. The molecule has 1 atom stereocenters. The van der Waals surface area contributed by atoms with Gasteiger partial charge in [0.25, 0.3) is 0 Å². The Balaban J connectivity index is 1.35. The van der Waals surface area contributed by atoms with Crippen molar-refractivity contribution < 1.29 is 4.79 Å². The first kappa shape index (κ1) is 17.1. The molecule has 3 heterocycles. The van der Waals surface area contributed by atoms with Crippen molar-refractivity contribution in [1.29, 1.82) is 0 Å². The van der Waals surface area contributed by atoms with Crippen LogP contribution in [0.25, 0.3) is 0 Å². The van der Waals surface area contributed by atoms with E-state index in [0.29, 0.717) is 6.54 Å². The van der Waals surface area contributed by atoms with E-state index in [9.17, 15) is 4.79 Å². The third-order valence-electron chi connectivity index (χ3n) is 4.31. The zero-order chi connectivity index (χ0) is 16.8. The smallest absolute Gasteiger partial charge is 0.236 e. The van der Waals surface area contributed by atoms with Gasteiger partial charge in [0.2, 0.25) is 5.91 Å². The number of hydrogen-bond acceptors (Lipinski definition) is 5. The van der Waals surface area contributed by atoms with E-state index < -0.39 is 0 Å². The molecule has 0 unspecified atom stereocenters. The summed E-state index contributed by atoms with van der Waals surface area (Å²) in [7, 11) is 0. The fraction of sp³-hybridized carbons (Fsp3) is 0.529. The number of carbonyl (C=O) groups excluding carboxylic acids is 1. The monoisotopic (exact) mass is 347 g/mol. The summed E-state index contributed by atoms with van der Waals surface area (Å²) in [4.78, 5) is 18.1. The molecule has 1 N–H and O–H groups in total. The molecule has 1 amide bonds. The fourth-order valence-electron chi connectivity index (χ4n) is 2.91. The molecule has 0 aromatic carbocycles. The Labute approximate surface area is 147 Å². The number of aromatic nitrogens is 2. The first-order chi connectivity index (χ1) is 11.7. The average Bonchev–Trinajstić information content (AvgIpc) is 3.27. The van der Waals surface area contributed by atoms with Crippen molar-refractivity contribution >= 4 is 17.2 Å². The highest BCUT2D eigenvalue weighted by molar-refractivity contribution is 7.09. The number of amides is 1. The van der Waals surface area contributed by atoms with Gasteiger partial charge in [-0.05, 0) is 24.4 Å². The van der Waals surface area contributed by atoms with Crippen LogP contribution in [0.2, 0.25) is 0 Å². The van der Waals surface area contributed by atoms with Crippen LogP contribution < -0.4 is 5.32 Å². The summed E-state index contributed by atoms with van der Waals surface area (Å²) in [5, 5.41) is 9.61. The summed E-state index contributed by atoms with van der Waals surface area (Å²) >= 11 is 1.80. The largest absolute Gasteiger partial charge is 0.339 e. The van der Waals surface area contributed by atoms with Crippen LogP contribution in [-0.2, 0) is 17.9 Å². The minimum atomic E-state index is 0.193. The van der Waals surface area contributed by atoms with Crippen LogP contribution in [0.1, 0.15) is 11.8 Å². The average molecular weight is 347 g/mol. The predicted molar refractivity (Wildman–Crippen MR) is 95.9 cm³/mol. The summed E-state index contributed by atoms with van der Waals surface area (Å²) in [6.45, 7) is 7.78. The van der Waals surface area contributed by atoms with Crippen LogP contribution in [0.3, 0.4) is 0 Å². The van der Waals surface area contributed by atoms with Gasteiger partial charge in [0.15, 0.2) is 0 Å². The maximum atomic E-state index is 12.4. The van der Waals surface area contributed by atoms with Crippen molar-refractivity contribution in [2.75, 3.05) is 32.7 Å². The highest BCUT2D eigenvalue weighted by Crippen LogP contribution is 2.13. The molecule has 2 aromatic heterocycles. The Morgan fingerprint density at radius 3 is 2.83 bits per heavy atom. The molecule has 0 spiro atoms. The van der Waals surface area contributed by atoms with Crippen LogP contribution in [0.5, 0.6) is 0 Å². The van der Waals surface area contributed by atoms with Crippen LogP contribution in [0, 0.1) is 0 Å². The number of thiophene rings is 1. The molecule has 0 saturated carbocycles. The molecule has 130 valence electrons. The van der Waals surface area contributed by atoms with Crippen molar-refractivity contribution in [2.24, 2.45) is 0 Å². The molecule has 2 aromatic rings. The van der Waals surface area contributed by atoms with Gasteiger partial charge in [-0.3, -0.25) is 14.4 Å². The van der Waals surface area contributed by atoms with Gasteiger partial charge in [-0.2, -0.15) is 5.10 Å². The van der Waals surface area contributed by atoms with E-state index in [1.807, 2.05) is 21.8 Å². The number of nitrogens with one attached hydrogen (secondary N) is 1. The third-order valence-corrected chi connectivity index (χ3v) is 5.17. The van der Waals surface area contributed by atoms with Crippen LogP contribution >= 0.6 is 11.3 Å². The molecule has 0 bridgehead atoms. The zero-order valence-corrected chi connectivity index (χ0v) is 14.9. The minimum absolute atomic E-state index is 0.193. The van der Waals surface area contributed by atoms with Crippen molar-refractivity contribution in [3.8, 4) is 0 Å². The van der Waals surface area contributed by atoms with Gasteiger partial charge in [0.1, 0.15) is 0 Å². The van der Waals surface area contributed by atoms with Crippen molar-refractivity contribution in [2.45, 2.75) is 26.1 Å². The molecular formula is C17H25N5OS. The van der Waals surface area contributed by atoms with Gasteiger partial charge in [-0.25, -0.2) is 0 Å². The topological polar surface area (TPSA) is 53.4 Å². The SMILES string of the molecule is C[C@H](Cn1cccn1)NCC(=O)N1CCN(Cc2cccs2)CC1. The van der Waals surface area contributed by atoms with E-state index >= 15 is 0 Å². The lowest BCUT2D eigenvalue weighted by Crippen LogP contribution is -2.51. The number of rotatable bonds is 7. The Hall–Kier alpha value is -1.70. The second kappa shape index (κ2) is 8.41. The Kier molecular flexibility index (Phi) is 6.01. The molecule has 24 heavy (non-hydrogen) atoms. The summed E-state index contributed by atoms with van der Waals surface area (Å²) in [5.41, 5.74) is 0. The van der Waals surface area contributed by atoms with Gasteiger partial charge in [0, 0.05) is 56.0 Å². The number of piperazine rings is 1. The van der Waals surface area contributed by atoms with E-state index in [4.69, 9.17) is 0 Å². The van der Waals surface area contributed by atoms with E-state index in [2.05, 4.69) is 39.8 Å². The summed E-state index contributed by atoms with van der Waals surface area (Å²) in [6.07, 6.45) is 3.71. The molecule has 1 aliphatic rings. The molecule has 3 rings (SSSR count). The van der Waals surface area contributed by atoms with E-state index in [-0.39, 0.29) is 11.9 Å². The Morgan fingerprint density at radius 2 is 2.17 bits per heavy atom. The van der Waals surface area contributed by atoms with Crippen molar-refractivity contribution in [3.05, 3.63) is 40.8 Å². The van der Waals surface area contributed by atoms with Gasteiger partial charge in [-0.1, -0.05) is 6.07 Å². The second-order valence-corrected chi connectivity index (χ2v) is 7.28. The lowest BCUT2D eigenvalue weighted by Gasteiger charge is -2.34. The molecular weight excluding hydrogens is 322 g/mol. The first-order valence-electron chi connectivity index (χ1n) is 8.44. The third kappa shape index (κ3) is 4.90. The second-order valence-electron chi connectivity index (χ2n) is 6.25. The summed E-state index contributed by atoms with van der Waals surface area (Å²) in [6, 6.07) is 6.39. The van der Waals surface area contributed by atoms with E-state index in [1.54, 1.807) is 17.5 Å². The van der Waals surface area contributed by atoms with E-state index in [0.717, 1.165) is 39.3 Å². The quantitative estimate of drug-likeness (QED) is 0.819. The maximum Gasteiger partial charge on any atom is 0.236 e. The van der Waals surface area contributed by atoms with Gasteiger partial charge < -0.3 is 10.2 Å². The first-order valence-corrected chi connectivity index (χ1v) is 9.32. The summed E-state index contributed by atoms with van der Waals surface area (Å²) in [5.74, 6) is 0.193. The number of hydrogen-bond donors (Lipinski definition) is 1. The lowest BCUT2D eigenvalue weighted by molar-refractivity contribution is -0.132. The highest BCUT2D eigenvalue weighted by Gasteiger charge is 2.21. The van der Waals surface area contributed by atoms with Gasteiger partial charge in [-0.15, -0.1) is 11.3 Å². The fourth-order valence-corrected chi connectivity index (χ4v) is 3.65. The van der Waals surface area contributed by atoms with Crippen molar-refractivity contribution in [3.63, 3.8) is 0 Å². The summed E-state index contributed by atoms with van der Waals surface area (Å²) < 4.78 is 1.88. The van der Waals surface area contributed by atoms with Crippen LogP contribution in [0.4, 0.5) is 0 Å². The standard InChI is InChI=1S/C17H25N5OS/c1-15(13-22-6-3-5-19-22)18-12-17(23)21-9-7-20(8-10-21)14-16-4-2-11-24-16/h2-6,11,15,18H,7-10,12-14H2,1H3/t15-/m1/s1. The van der Waals surface area contributed by atoms with Crippen LogP contribution in [-0.4, -0.2) is 64.3 Å². The lowest BCUT2D eigenvalue weighted by atomic mass is 10.3. The van der Waals surface area contributed by atoms with Crippen molar-refractivity contribution in [1.82, 2.24) is 24.9 Å². The molecule has 1 fully saturated rings. The Morgan fingerprint density at radius 1 is 1.33 bits per heavy atom. The van der Waals surface area contributed by atoms with Crippen LogP contribution in [0.15, 0.2) is 36.0 Å². The number of nitrogens with zero attached hydrogens (tertiary/aromatic N) is 4. The van der Waals surface area contributed by atoms with Gasteiger partial charge in [0.05, 0.1) is 13.1 Å².